The zero-order valence-electron chi connectivity index (χ0n) is 10.8. The second-order valence-electron chi connectivity index (χ2n) is 4.69. The first-order chi connectivity index (χ1) is 8.79. The zero-order valence-corrected chi connectivity index (χ0v) is 11.5. The zero-order chi connectivity index (χ0) is 12.8. The molecule has 0 saturated carbocycles. The molecule has 1 atom stereocenters. The fraction of sp³-hybridized carbons (Fsp3) is 0.571. The van der Waals surface area contributed by atoms with Crippen LogP contribution < -0.4 is 4.74 Å². The van der Waals surface area contributed by atoms with Crippen LogP contribution in [0.25, 0.3) is 0 Å². The molecule has 2 rings (SSSR count). The molecule has 4 heteroatoms. The fourth-order valence-electron chi connectivity index (χ4n) is 2.33. The van der Waals surface area contributed by atoms with Gasteiger partial charge in [0.05, 0.1) is 11.6 Å². The van der Waals surface area contributed by atoms with E-state index in [-0.39, 0.29) is 0 Å². The van der Waals surface area contributed by atoms with Gasteiger partial charge in [0.1, 0.15) is 12.4 Å². The van der Waals surface area contributed by atoms with Crippen molar-refractivity contribution in [1.82, 2.24) is 4.90 Å². The molecule has 1 aromatic carbocycles. The van der Waals surface area contributed by atoms with Crippen molar-refractivity contribution in [2.24, 2.45) is 5.92 Å². The number of hydrogen-bond acceptors (Lipinski definition) is 3. The Hall–Kier alpha value is -0.770. The van der Waals surface area contributed by atoms with Crippen LogP contribution in [-0.2, 0) is 4.74 Å². The summed E-state index contributed by atoms with van der Waals surface area (Å²) < 4.78 is 10.9. The molecular formula is C14H20ClNO2. The Morgan fingerprint density at radius 3 is 3.00 bits per heavy atom. The van der Waals surface area contributed by atoms with Gasteiger partial charge < -0.3 is 9.47 Å². The molecule has 1 unspecified atom stereocenters. The lowest BCUT2D eigenvalue weighted by molar-refractivity contribution is 0.150. The lowest BCUT2D eigenvalue weighted by Crippen LogP contribution is -2.26. The van der Waals surface area contributed by atoms with Crippen molar-refractivity contribution in [3.8, 4) is 5.75 Å². The lowest BCUT2D eigenvalue weighted by Gasteiger charge is -2.16. The SMILES string of the molecule is COCC1CCN(CCOc2ccccc2Cl)C1. The highest BCUT2D eigenvalue weighted by molar-refractivity contribution is 6.32. The molecule has 3 nitrogen and oxygen atoms in total. The predicted molar refractivity (Wildman–Crippen MR) is 73.4 cm³/mol. The van der Waals surface area contributed by atoms with Crippen molar-refractivity contribution in [3.05, 3.63) is 29.3 Å². The van der Waals surface area contributed by atoms with Crippen LogP contribution in [0.15, 0.2) is 24.3 Å². The van der Waals surface area contributed by atoms with E-state index in [4.69, 9.17) is 21.1 Å². The van der Waals surface area contributed by atoms with Crippen molar-refractivity contribution in [2.45, 2.75) is 6.42 Å². The molecule has 18 heavy (non-hydrogen) atoms. The van der Waals surface area contributed by atoms with Crippen molar-refractivity contribution >= 4 is 11.6 Å². The number of benzene rings is 1. The Balaban J connectivity index is 1.69. The van der Waals surface area contributed by atoms with Gasteiger partial charge in [-0.2, -0.15) is 0 Å². The van der Waals surface area contributed by atoms with Gasteiger partial charge in [-0.15, -0.1) is 0 Å². The number of hydrogen-bond donors (Lipinski definition) is 0. The highest BCUT2D eigenvalue weighted by Crippen LogP contribution is 2.23. The first kappa shape index (κ1) is 13.7. The predicted octanol–water partition coefficient (Wildman–Crippen LogP) is 2.69. The summed E-state index contributed by atoms with van der Waals surface area (Å²) in [6, 6.07) is 7.60. The van der Waals surface area contributed by atoms with Gasteiger partial charge in [-0.3, -0.25) is 4.90 Å². The van der Waals surface area contributed by atoms with E-state index in [9.17, 15) is 0 Å². The molecule has 0 amide bonds. The molecule has 1 fully saturated rings. The van der Waals surface area contributed by atoms with Crippen LogP contribution in [0.4, 0.5) is 0 Å². The second-order valence-corrected chi connectivity index (χ2v) is 5.10. The fourth-order valence-corrected chi connectivity index (χ4v) is 2.52. The van der Waals surface area contributed by atoms with Crippen LogP contribution in [0.2, 0.25) is 5.02 Å². The average Bonchev–Trinajstić information content (AvgIpc) is 2.80. The summed E-state index contributed by atoms with van der Waals surface area (Å²) in [6.45, 7) is 4.75. The van der Waals surface area contributed by atoms with Crippen molar-refractivity contribution in [3.63, 3.8) is 0 Å². The first-order valence-electron chi connectivity index (χ1n) is 6.38. The van der Waals surface area contributed by atoms with Crippen LogP contribution in [0.1, 0.15) is 6.42 Å². The molecule has 100 valence electrons. The van der Waals surface area contributed by atoms with Gasteiger partial charge in [-0.1, -0.05) is 23.7 Å². The maximum atomic E-state index is 6.03. The van der Waals surface area contributed by atoms with Gasteiger partial charge in [-0.05, 0) is 31.0 Å². The molecule has 1 aliphatic heterocycles. The molecule has 1 saturated heterocycles. The Morgan fingerprint density at radius 2 is 2.22 bits per heavy atom. The van der Waals surface area contributed by atoms with E-state index in [0.717, 1.165) is 32.0 Å². The molecule has 1 aliphatic rings. The number of para-hydroxylation sites is 1. The number of likely N-dealkylation sites (tertiary alicyclic amines) is 1. The summed E-state index contributed by atoms with van der Waals surface area (Å²) in [5.74, 6) is 1.45. The third kappa shape index (κ3) is 3.87. The summed E-state index contributed by atoms with van der Waals surface area (Å²) in [7, 11) is 1.77. The van der Waals surface area contributed by atoms with Crippen LogP contribution in [0.5, 0.6) is 5.75 Å². The first-order valence-corrected chi connectivity index (χ1v) is 6.76. The van der Waals surface area contributed by atoms with E-state index in [0.29, 0.717) is 17.5 Å². The molecule has 0 bridgehead atoms. The molecule has 1 aromatic rings. The third-order valence-electron chi connectivity index (χ3n) is 3.27. The van der Waals surface area contributed by atoms with Crippen molar-refractivity contribution in [1.29, 1.82) is 0 Å². The van der Waals surface area contributed by atoms with E-state index in [1.54, 1.807) is 7.11 Å². The van der Waals surface area contributed by atoms with Gasteiger partial charge in [0.2, 0.25) is 0 Å². The van der Waals surface area contributed by atoms with Gasteiger partial charge in [0, 0.05) is 20.2 Å². The smallest absolute Gasteiger partial charge is 0.137 e. The summed E-state index contributed by atoms with van der Waals surface area (Å²) >= 11 is 6.03. The van der Waals surface area contributed by atoms with Crippen LogP contribution in [0.3, 0.4) is 0 Å². The summed E-state index contributed by atoms with van der Waals surface area (Å²) in [5, 5.41) is 0.677. The van der Waals surface area contributed by atoms with E-state index in [1.807, 2.05) is 24.3 Å². The number of halogens is 1. The second kappa shape index (κ2) is 6.98. The molecule has 0 aliphatic carbocycles. The molecule has 0 spiro atoms. The Morgan fingerprint density at radius 1 is 1.39 bits per heavy atom. The minimum Gasteiger partial charge on any atom is -0.491 e. The minimum absolute atomic E-state index is 0.676. The molecular weight excluding hydrogens is 250 g/mol. The summed E-state index contributed by atoms with van der Waals surface area (Å²) in [6.07, 6.45) is 1.22. The highest BCUT2D eigenvalue weighted by Gasteiger charge is 2.21. The number of ether oxygens (including phenoxy) is 2. The molecule has 0 radical (unpaired) electrons. The molecule has 0 aromatic heterocycles. The van der Waals surface area contributed by atoms with Crippen LogP contribution in [-0.4, -0.2) is 44.9 Å². The summed E-state index contributed by atoms with van der Waals surface area (Å²) in [4.78, 5) is 2.42. The highest BCUT2D eigenvalue weighted by atomic mass is 35.5. The van der Waals surface area contributed by atoms with Crippen LogP contribution in [0, 0.1) is 5.92 Å². The van der Waals surface area contributed by atoms with Crippen molar-refractivity contribution < 1.29 is 9.47 Å². The quantitative estimate of drug-likeness (QED) is 0.793. The topological polar surface area (TPSA) is 21.7 Å². The van der Waals surface area contributed by atoms with Gasteiger partial charge >= 0.3 is 0 Å². The Bertz CT molecular complexity index is 373. The van der Waals surface area contributed by atoms with Crippen molar-refractivity contribution in [2.75, 3.05) is 40.0 Å². The maximum Gasteiger partial charge on any atom is 0.137 e. The van der Waals surface area contributed by atoms with E-state index < -0.39 is 0 Å². The number of rotatable bonds is 6. The minimum atomic E-state index is 0.676. The standard InChI is InChI=1S/C14H20ClNO2/c1-17-11-12-6-7-16(10-12)8-9-18-14-5-3-2-4-13(14)15/h2-5,12H,6-11H2,1H3. The molecule has 1 heterocycles. The Labute approximate surface area is 114 Å². The third-order valence-corrected chi connectivity index (χ3v) is 3.59. The Kier molecular flexibility index (Phi) is 5.29. The van der Waals surface area contributed by atoms with E-state index in [2.05, 4.69) is 4.90 Å². The van der Waals surface area contributed by atoms with E-state index >= 15 is 0 Å². The summed E-state index contributed by atoms with van der Waals surface area (Å²) in [5.41, 5.74) is 0. The monoisotopic (exact) mass is 269 g/mol. The van der Waals surface area contributed by atoms with Gasteiger partial charge in [-0.25, -0.2) is 0 Å². The van der Waals surface area contributed by atoms with E-state index in [1.165, 1.54) is 6.42 Å². The van der Waals surface area contributed by atoms with Crippen LogP contribution >= 0.6 is 11.6 Å². The normalized spacial score (nSPS) is 20.2. The number of methoxy groups -OCH3 is 1. The number of nitrogens with zero attached hydrogens (tertiary/aromatic N) is 1. The molecule has 0 N–H and O–H groups in total. The average molecular weight is 270 g/mol. The largest absolute Gasteiger partial charge is 0.491 e. The van der Waals surface area contributed by atoms with Gasteiger partial charge in [0.25, 0.3) is 0 Å². The maximum absolute atomic E-state index is 6.03. The van der Waals surface area contributed by atoms with Gasteiger partial charge in [0.15, 0.2) is 0 Å². The lowest BCUT2D eigenvalue weighted by atomic mass is 10.1.